The normalized spacial score (nSPS) is 13.3. The van der Waals surface area contributed by atoms with Crippen LogP contribution in [0.5, 0.6) is 5.75 Å². The number of tetrazole rings is 1. The summed E-state index contributed by atoms with van der Waals surface area (Å²) in [5.74, 6) is 0.787. The Morgan fingerprint density at radius 2 is 1.84 bits per heavy atom. The standard InChI is InChI=1S/C22H24N6O3/c1-16-18(22(30)27-12-5-6-13-27)10-7-11-19(16)23-21(29)14-28-25-20(24-26-28)15-31-17-8-3-2-4-9-17/h2-4,7-11H,5-6,12-15H2,1H3,(H,23,29). The molecule has 0 unspecified atom stereocenters. The lowest BCUT2D eigenvalue weighted by molar-refractivity contribution is -0.117. The maximum Gasteiger partial charge on any atom is 0.254 e. The van der Waals surface area contributed by atoms with Crippen LogP contribution in [0.15, 0.2) is 48.5 Å². The SMILES string of the molecule is Cc1c(NC(=O)Cn2nnc(COc3ccccc3)n2)cccc1C(=O)N1CCCC1. The second-order valence-electron chi connectivity index (χ2n) is 7.36. The van der Waals surface area contributed by atoms with Gasteiger partial charge in [0.2, 0.25) is 11.7 Å². The number of carbonyl (C=O) groups is 2. The zero-order valence-electron chi connectivity index (χ0n) is 17.3. The fourth-order valence-corrected chi connectivity index (χ4v) is 3.48. The van der Waals surface area contributed by atoms with E-state index in [4.69, 9.17) is 4.74 Å². The van der Waals surface area contributed by atoms with Gasteiger partial charge in [-0.2, -0.15) is 4.80 Å². The number of para-hydroxylation sites is 1. The van der Waals surface area contributed by atoms with Gasteiger partial charge >= 0.3 is 0 Å². The highest BCUT2D eigenvalue weighted by Gasteiger charge is 2.22. The fraction of sp³-hybridized carbons (Fsp3) is 0.318. The molecule has 1 aliphatic heterocycles. The third-order valence-electron chi connectivity index (χ3n) is 5.12. The van der Waals surface area contributed by atoms with Crippen molar-refractivity contribution in [3.8, 4) is 5.75 Å². The maximum absolute atomic E-state index is 12.7. The summed E-state index contributed by atoms with van der Waals surface area (Å²) < 4.78 is 5.58. The number of hydrogen-bond acceptors (Lipinski definition) is 6. The van der Waals surface area contributed by atoms with Crippen molar-refractivity contribution in [2.45, 2.75) is 32.9 Å². The van der Waals surface area contributed by atoms with E-state index in [9.17, 15) is 9.59 Å². The molecule has 4 rings (SSSR count). The molecule has 0 saturated carbocycles. The molecule has 0 aliphatic carbocycles. The Bertz CT molecular complexity index is 1060. The number of hydrogen-bond donors (Lipinski definition) is 1. The summed E-state index contributed by atoms with van der Waals surface area (Å²) in [6.07, 6.45) is 2.06. The summed E-state index contributed by atoms with van der Waals surface area (Å²) in [4.78, 5) is 28.3. The average molecular weight is 420 g/mol. The van der Waals surface area contributed by atoms with Gasteiger partial charge in [-0.3, -0.25) is 9.59 Å². The maximum atomic E-state index is 12.7. The van der Waals surface area contributed by atoms with Crippen LogP contribution >= 0.6 is 0 Å². The number of amides is 2. The number of nitrogens with one attached hydrogen (secondary N) is 1. The van der Waals surface area contributed by atoms with E-state index in [-0.39, 0.29) is 25.0 Å². The van der Waals surface area contributed by atoms with E-state index in [0.29, 0.717) is 22.8 Å². The predicted molar refractivity (Wildman–Crippen MR) is 114 cm³/mol. The summed E-state index contributed by atoms with van der Waals surface area (Å²) in [7, 11) is 0. The Morgan fingerprint density at radius 1 is 1.06 bits per heavy atom. The predicted octanol–water partition coefficient (Wildman–Crippen LogP) is 2.44. The number of aromatic nitrogens is 4. The van der Waals surface area contributed by atoms with Crippen LogP contribution in [-0.2, 0) is 17.9 Å². The quantitative estimate of drug-likeness (QED) is 0.630. The monoisotopic (exact) mass is 420 g/mol. The molecule has 0 atom stereocenters. The third kappa shape index (κ3) is 5.06. The second kappa shape index (κ2) is 9.38. The summed E-state index contributed by atoms with van der Waals surface area (Å²) >= 11 is 0. The minimum absolute atomic E-state index is 0.00657. The van der Waals surface area contributed by atoms with Crippen LogP contribution in [-0.4, -0.2) is 50.0 Å². The van der Waals surface area contributed by atoms with Crippen LogP contribution in [0.1, 0.15) is 34.6 Å². The lowest BCUT2D eigenvalue weighted by Gasteiger charge is -2.18. The summed E-state index contributed by atoms with van der Waals surface area (Å²) in [5, 5.41) is 14.8. The van der Waals surface area contributed by atoms with E-state index < -0.39 is 0 Å². The smallest absolute Gasteiger partial charge is 0.254 e. The Hall–Kier alpha value is -3.75. The first-order valence-electron chi connectivity index (χ1n) is 10.2. The number of likely N-dealkylation sites (tertiary alicyclic amines) is 1. The van der Waals surface area contributed by atoms with Crippen molar-refractivity contribution < 1.29 is 14.3 Å². The van der Waals surface area contributed by atoms with Crippen molar-refractivity contribution in [3.05, 3.63) is 65.5 Å². The Morgan fingerprint density at radius 3 is 2.61 bits per heavy atom. The van der Waals surface area contributed by atoms with Gasteiger partial charge in [0.15, 0.2) is 6.61 Å². The van der Waals surface area contributed by atoms with E-state index in [0.717, 1.165) is 31.5 Å². The number of rotatable bonds is 7. The van der Waals surface area contributed by atoms with E-state index in [1.54, 1.807) is 18.2 Å². The second-order valence-corrected chi connectivity index (χ2v) is 7.36. The molecule has 0 spiro atoms. The average Bonchev–Trinajstić information content (AvgIpc) is 3.46. The van der Waals surface area contributed by atoms with Gasteiger partial charge in [-0.25, -0.2) is 0 Å². The number of nitrogens with zero attached hydrogens (tertiary/aromatic N) is 5. The van der Waals surface area contributed by atoms with E-state index in [2.05, 4.69) is 20.7 Å². The van der Waals surface area contributed by atoms with E-state index in [1.807, 2.05) is 42.2 Å². The first kappa shape index (κ1) is 20.5. The first-order valence-corrected chi connectivity index (χ1v) is 10.2. The van der Waals surface area contributed by atoms with Gasteiger partial charge in [0.05, 0.1) is 0 Å². The van der Waals surface area contributed by atoms with Crippen molar-refractivity contribution in [2.75, 3.05) is 18.4 Å². The van der Waals surface area contributed by atoms with Crippen LogP contribution in [0, 0.1) is 6.92 Å². The van der Waals surface area contributed by atoms with Crippen LogP contribution in [0.3, 0.4) is 0 Å². The summed E-state index contributed by atoms with van der Waals surface area (Å²) in [6, 6.07) is 14.7. The van der Waals surface area contributed by atoms with Gasteiger partial charge in [-0.05, 0) is 54.8 Å². The molecule has 1 N–H and O–H groups in total. The zero-order chi connectivity index (χ0) is 21.6. The molecule has 2 amide bonds. The molecule has 3 aromatic rings. The molecule has 1 fully saturated rings. The molecule has 1 aliphatic rings. The van der Waals surface area contributed by atoms with Crippen LogP contribution in [0.25, 0.3) is 0 Å². The largest absolute Gasteiger partial charge is 0.485 e. The number of carbonyl (C=O) groups excluding carboxylic acids is 2. The Kier molecular flexibility index (Phi) is 6.21. The molecule has 2 aromatic carbocycles. The zero-order valence-corrected chi connectivity index (χ0v) is 17.3. The molecule has 9 nitrogen and oxygen atoms in total. The first-order chi connectivity index (χ1) is 15.1. The van der Waals surface area contributed by atoms with Crippen LogP contribution in [0.2, 0.25) is 0 Å². The van der Waals surface area contributed by atoms with Crippen molar-refractivity contribution in [2.24, 2.45) is 0 Å². The van der Waals surface area contributed by atoms with Gasteiger partial charge in [0.1, 0.15) is 12.3 Å². The van der Waals surface area contributed by atoms with Crippen molar-refractivity contribution in [3.63, 3.8) is 0 Å². The van der Waals surface area contributed by atoms with Crippen LogP contribution in [0.4, 0.5) is 5.69 Å². The Balaban J connectivity index is 1.35. The van der Waals surface area contributed by atoms with Crippen LogP contribution < -0.4 is 10.1 Å². The minimum Gasteiger partial charge on any atom is -0.485 e. The van der Waals surface area contributed by atoms with Crippen molar-refractivity contribution >= 4 is 17.5 Å². The topological polar surface area (TPSA) is 102 Å². The molecule has 160 valence electrons. The minimum atomic E-state index is -0.304. The van der Waals surface area contributed by atoms with Gasteiger partial charge < -0.3 is 15.0 Å². The molecule has 1 aromatic heterocycles. The fourth-order valence-electron chi connectivity index (χ4n) is 3.48. The Labute approximate surface area is 180 Å². The molecule has 2 heterocycles. The van der Waals surface area contributed by atoms with Gasteiger partial charge in [-0.1, -0.05) is 24.3 Å². The highest BCUT2D eigenvalue weighted by molar-refractivity contribution is 5.99. The number of ether oxygens (including phenoxy) is 1. The molecule has 31 heavy (non-hydrogen) atoms. The van der Waals surface area contributed by atoms with E-state index in [1.165, 1.54) is 4.80 Å². The van der Waals surface area contributed by atoms with Crippen molar-refractivity contribution in [1.82, 2.24) is 25.1 Å². The highest BCUT2D eigenvalue weighted by atomic mass is 16.5. The van der Waals surface area contributed by atoms with Gasteiger partial charge in [0.25, 0.3) is 5.91 Å². The third-order valence-corrected chi connectivity index (χ3v) is 5.12. The molecule has 9 heteroatoms. The lowest BCUT2D eigenvalue weighted by atomic mass is 10.1. The molecular formula is C22H24N6O3. The summed E-state index contributed by atoms with van der Waals surface area (Å²) in [5.41, 5.74) is 1.96. The van der Waals surface area contributed by atoms with Gasteiger partial charge in [-0.15, -0.1) is 10.2 Å². The summed E-state index contributed by atoms with van der Waals surface area (Å²) in [6.45, 7) is 3.46. The number of benzene rings is 2. The molecule has 0 bridgehead atoms. The van der Waals surface area contributed by atoms with Crippen molar-refractivity contribution in [1.29, 1.82) is 0 Å². The molecular weight excluding hydrogens is 396 g/mol. The van der Waals surface area contributed by atoms with E-state index >= 15 is 0 Å². The molecule has 0 radical (unpaired) electrons. The lowest BCUT2D eigenvalue weighted by Crippen LogP contribution is -2.28. The molecule has 1 saturated heterocycles. The highest BCUT2D eigenvalue weighted by Crippen LogP contribution is 2.22. The number of anilines is 1. The van der Waals surface area contributed by atoms with Gasteiger partial charge in [0, 0.05) is 24.3 Å².